The van der Waals surface area contributed by atoms with Gasteiger partial charge in [-0.05, 0) is 18.2 Å². The third-order valence-corrected chi connectivity index (χ3v) is 3.49. The van der Waals surface area contributed by atoms with Crippen molar-refractivity contribution < 1.29 is 13.5 Å². The molecule has 0 aliphatic heterocycles. The molecule has 0 radical (unpaired) electrons. The molecule has 2 rings (SSSR count). The zero-order valence-electron chi connectivity index (χ0n) is 8.38. The summed E-state index contributed by atoms with van der Waals surface area (Å²) in [7, 11) is -3.80. The van der Waals surface area contributed by atoms with Crippen LogP contribution in [-0.4, -0.2) is 23.5 Å². The predicted molar refractivity (Wildman–Crippen MR) is 62.5 cm³/mol. The molecular formula is C9H8ClN3O3S. The van der Waals surface area contributed by atoms with E-state index in [0.29, 0.717) is 5.02 Å². The van der Waals surface area contributed by atoms with Gasteiger partial charge in [0.2, 0.25) is 0 Å². The van der Waals surface area contributed by atoms with Crippen LogP contribution in [0.25, 0.3) is 0 Å². The molecule has 90 valence electrons. The molecule has 8 heteroatoms. The summed E-state index contributed by atoms with van der Waals surface area (Å²) in [6.07, 6.45) is 2.40. The number of phenolic OH excluding ortho intramolecular Hbond substituents is 1. The standard InChI is InChI=1S/C9H8ClN3O3S/c10-6-1-2-8(14)7(3-6)13-17(15,16)9-4-11-5-12-9/h1-5,13-14H,(H,11,12). The molecule has 0 saturated heterocycles. The molecule has 0 bridgehead atoms. The van der Waals surface area contributed by atoms with Gasteiger partial charge in [-0.25, -0.2) is 4.98 Å². The molecule has 1 aromatic heterocycles. The maximum atomic E-state index is 11.8. The number of hydrogen-bond acceptors (Lipinski definition) is 4. The Bertz CT molecular complexity index is 625. The molecule has 0 aliphatic carbocycles. The SMILES string of the molecule is O=S(=O)(Nc1cc(Cl)ccc1O)c1cnc[nH]1. The number of phenols is 1. The van der Waals surface area contributed by atoms with Gasteiger partial charge in [0.25, 0.3) is 10.0 Å². The zero-order valence-corrected chi connectivity index (χ0v) is 9.96. The third-order valence-electron chi connectivity index (χ3n) is 1.97. The van der Waals surface area contributed by atoms with Gasteiger partial charge in [-0.2, -0.15) is 8.42 Å². The van der Waals surface area contributed by atoms with E-state index in [1.54, 1.807) is 0 Å². The lowest BCUT2D eigenvalue weighted by Gasteiger charge is -2.08. The number of nitrogens with one attached hydrogen (secondary N) is 2. The number of imidazole rings is 1. The molecule has 1 aromatic carbocycles. The second-order valence-electron chi connectivity index (χ2n) is 3.18. The van der Waals surface area contributed by atoms with Gasteiger partial charge in [0, 0.05) is 5.02 Å². The molecule has 0 fully saturated rings. The molecule has 6 nitrogen and oxygen atoms in total. The number of benzene rings is 1. The van der Waals surface area contributed by atoms with Crippen molar-refractivity contribution in [3.8, 4) is 5.75 Å². The van der Waals surface area contributed by atoms with E-state index in [1.165, 1.54) is 24.5 Å². The van der Waals surface area contributed by atoms with E-state index in [9.17, 15) is 13.5 Å². The Morgan fingerprint density at radius 3 is 2.82 bits per heavy atom. The van der Waals surface area contributed by atoms with Gasteiger partial charge in [-0.1, -0.05) is 11.6 Å². The molecule has 0 atom stereocenters. The molecule has 2 aromatic rings. The number of nitrogens with zero attached hydrogens (tertiary/aromatic N) is 1. The van der Waals surface area contributed by atoms with Crippen molar-refractivity contribution in [2.45, 2.75) is 5.03 Å². The Labute approximate surface area is 102 Å². The van der Waals surface area contributed by atoms with Crippen LogP contribution in [0.1, 0.15) is 0 Å². The molecule has 1 heterocycles. The smallest absolute Gasteiger partial charge is 0.279 e. The van der Waals surface area contributed by atoms with Gasteiger partial charge in [0.05, 0.1) is 18.2 Å². The number of rotatable bonds is 3. The number of aromatic amines is 1. The van der Waals surface area contributed by atoms with Gasteiger partial charge in [-0.15, -0.1) is 0 Å². The maximum absolute atomic E-state index is 11.8. The van der Waals surface area contributed by atoms with Gasteiger partial charge < -0.3 is 10.1 Å². The average Bonchev–Trinajstić information content (AvgIpc) is 2.77. The van der Waals surface area contributed by atoms with Crippen LogP contribution < -0.4 is 4.72 Å². The van der Waals surface area contributed by atoms with Crippen LogP contribution in [-0.2, 0) is 10.0 Å². The first kappa shape index (κ1) is 11.7. The van der Waals surface area contributed by atoms with Gasteiger partial charge >= 0.3 is 0 Å². The first-order valence-corrected chi connectivity index (χ1v) is 6.35. The molecular weight excluding hydrogens is 266 g/mol. The third kappa shape index (κ3) is 2.51. The highest BCUT2D eigenvalue weighted by atomic mass is 35.5. The maximum Gasteiger partial charge on any atom is 0.279 e. The summed E-state index contributed by atoms with van der Waals surface area (Å²) in [4.78, 5) is 6.06. The number of hydrogen-bond donors (Lipinski definition) is 3. The minimum absolute atomic E-state index is 0.00657. The monoisotopic (exact) mass is 273 g/mol. The molecule has 3 N–H and O–H groups in total. The normalized spacial score (nSPS) is 11.4. The highest BCUT2D eigenvalue weighted by Crippen LogP contribution is 2.28. The van der Waals surface area contributed by atoms with Crippen molar-refractivity contribution in [3.63, 3.8) is 0 Å². The fraction of sp³-hybridized carbons (Fsp3) is 0. The number of anilines is 1. The molecule has 0 spiro atoms. The van der Waals surface area contributed by atoms with E-state index in [4.69, 9.17) is 11.6 Å². The predicted octanol–water partition coefficient (Wildman–Crippen LogP) is 1.57. The molecule has 0 amide bonds. The summed E-state index contributed by atoms with van der Waals surface area (Å²) in [6, 6.07) is 4.06. The number of aromatic nitrogens is 2. The Hall–Kier alpha value is -1.73. The average molecular weight is 274 g/mol. The summed E-state index contributed by atoms with van der Waals surface area (Å²) in [5.74, 6) is -0.211. The lowest BCUT2D eigenvalue weighted by Crippen LogP contribution is -2.13. The Balaban J connectivity index is 2.36. The van der Waals surface area contributed by atoms with Crippen molar-refractivity contribution >= 4 is 27.3 Å². The van der Waals surface area contributed by atoms with Crippen LogP contribution in [0.3, 0.4) is 0 Å². The Morgan fingerprint density at radius 1 is 1.41 bits per heavy atom. The van der Waals surface area contributed by atoms with Crippen LogP contribution in [0.2, 0.25) is 5.02 Å². The molecule has 0 unspecified atom stereocenters. The van der Waals surface area contributed by atoms with Crippen molar-refractivity contribution in [1.82, 2.24) is 9.97 Å². The van der Waals surface area contributed by atoms with E-state index in [1.807, 2.05) is 0 Å². The van der Waals surface area contributed by atoms with Gasteiger partial charge in [0.1, 0.15) is 5.75 Å². The van der Waals surface area contributed by atoms with E-state index in [2.05, 4.69) is 14.7 Å². The highest BCUT2D eigenvalue weighted by Gasteiger charge is 2.17. The minimum Gasteiger partial charge on any atom is -0.506 e. The summed E-state index contributed by atoms with van der Waals surface area (Å²) in [5, 5.41) is 9.69. The van der Waals surface area contributed by atoms with Crippen molar-refractivity contribution in [2.75, 3.05) is 4.72 Å². The fourth-order valence-electron chi connectivity index (χ4n) is 1.18. The van der Waals surface area contributed by atoms with Crippen molar-refractivity contribution in [3.05, 3.63) is 35.7 Å². The van der Waals surface area contributed by atoms with Crippen LogP contribution in [0, 0.1) is 0 Å². The van der Waals surface area contributed by atoms with Crippen LogP contribution >= 0.6 is 11.6 Å². The lowest BCUT2D eigenvalue weighted by atomic mass is 10.3. The van der Waals surface area contributed by atoms with Crippen LogP contribution in [0.5, 0.6) is 5.75 Å². The lowest BCUT2D eigenvalue weighted by molar-refractivity contribution is 0.477. The van der Waals surface area contributed by atoms with Crippen LogP contribution in [0.15, 0.2) is 35.7 Å². The zero-order chi connectivity index (χ0) is 12.5. The van der Waals surface area contributed by atoms with Crippen LogP contribution in [0.4, 0.5) is 5.69 Å². The molecule has 17 heavy (non-hydrogen) atoms. The van der Waals surface area contributed by atoms with E-state index < -0.39 is 10.0 Å². The van der Waals surface area contributed by atoms with E-state index in [-0.39, 0.29) is 16.5 Å². The van der Waals surface area contributed by atoms with Gasteiger partial charge in [-0.3, -0.25) is 4.72 Å². The second-order valence-corrected chi connectivity index (χ2v) is 5.27. The highest BCUT2D eigenvalue weighted by molar-refractivity contribution is 7.92. The molecule has 0 saturated carbocycles. The van der Waals surface area contributed by atoms with E-state index in [0.717, 1.165) is 6.20 Å². The Kier molecular flexibility index (Phi) is 2.95. The first-order chi connectivity index (χ1) is 7.99. The summed E-state index contributed by atoms with van der Waals surface area (Å²) < 4.78 is 25.8. The fourth-order valence-corrected chi connectivity index (χ4v) is 2.32. The van der Waals surface area contributed by atoms with Crippen molar-refractivity contribution in [1.29, 1.82) is 0 Å². The van der Waals surface area contributed by atoms with Crippen molar-refractivity contribution in [2.24, 2.45) is 0 Å². The Morgan fingerprint density at radius 2 is 2.18 bits per heavy atom. The number of H-pyrrole nitrogens is 1. The minimum atomic E-state index is -3.80. The largest absolute Gasteiger partial charge is 0.506 e. The molecule has 0 aliphatic rings. The van der Waals surface area contributed by atoms with Gasteiger partial charge in [0.15, 0.2) is 5.03 Å². The summed E-state index contributed by atoms with van der Waals surface area (Å²) >= 11 is 5.70. The number of sulfonamides is 1. The quantitative estimate of drug-likeness (QED) is 0.740. The number of aromatic hydroxyl groups is 1. The number of halogens is 1. The topological polar surface area (TPSA) is 95.1 Å². The summed E-state index contributed by atoms with van der Waals surface area (Å²) in [5.41, 5.74) is 0.00657. The summed E-state index contributed by atoms with van der Waals surface area (Å²) in [6.45, 7) is 0. The first-order valence-electron chi connectivity index (χ1n) is 4.49. The van der Waals surface area contributed by atoms with E-state index >= 15 is 0 Å². The second kappa shape index (κ2) is 4.27.